The molecule has 2 unspecified atom stereocenters. The zero-order valence-electron chi connectivity index (χ0n) is 14.6. The number of rotatable bonds is 9. The number of para-hydroxylation sites is 1. The van der Waals surface area contributed by atoms with Gasteiger partial charge in [-0.2, -0.15) is 0 Å². The molecule has 4 atom stereocenters. The lowest BCUT2D eigenvalue weighted by molar-refractivity contribution is -0.136. The number of hydrogen-bond donors (Lipinski definition) is 2. The lowest BCUT2D eigenvalue weighted by Gasteiger charge is -2.32. The van der Waals surface area contributed by atoms with Gasteiger partial charge in [-0.3, -0.25) is 18.9 Å². The van der Waals surface area contributed by atoms with Crippen LogP contribution in [0.15, 0.2) is 52.2 Å². The summed E-state index contributed by atoms with van der Waals surface area (Å²) in [4.78, 5) is 24.8. The number of alkyl halides is 1. The van der Waals surface area contributed by atoms with Crippen LogP contribution >= 0.6 is 8.25 Å². The molecule has 0 saturated carbocycles. The molecule has 0 fully saturated rings. The second kappa shape index (κ2) is 9.09. The van der Waals surface area contributed by atoms with Gasteiger partial charge in [-0.1, -0.05) is 18.2 Å². The van der Waals surface area contributed by atoms with E-state index >= 15 is 4.39 Å². The summed E-state index contributed by atoms with van der Waals surface area (Å²) in [6.07, 6.45) is -2.23. The summed E-state index contributed by atoms with van der Waals surface area (Å²) in [5.41, 5.74) is -1.74. The van der Waals surface area contributed by atoms with Crippen molar-refractivity contribution in [1.29, 1.82) is 0 Å². The second-order valence-corrected chi connectivity index (χ2v) is 6.69. The highest BCUT2D eigenvalue weighted by Gasteiger charge is 2.41. The molecule has 9 nitrogen and oxygen atoms in total. The highest BCUT2D eigenvalue weighted by molar-refractivity contribution is 7.33. The number of nitrogens with zero attached hydrogens (tertiary/aromatic N) is 1. The maximum absolute atomic E-state index is 15.1. The highest BCUT2D eigenvalue weighted by atomic mass is 31.1. The minimum Gasteiger partial charge on any atom is -0.426 e. The van der Waals surface area contributed by atoms with Gasteiger partial charge >= 0.3 is 13.9 Å². The molecule has 148 valence electrons. The third-order valence-corrected chi connectivity index (χ3v) is 4.60. The molecule has 2 aromatic rings. The Morgan fingerprint density at radius 1 is 1.30 bits per heavy atom. The van der Waals surface area contributed by atoms with Crippen molar-refractivity contribution in [3.63, 3.8) is 0 Å². The summed E-state index contributed by atoms with van der Waals surface area (Å²) in [5, 5.41) is 10.3. The van der Waals surface area contributed by atoms with E-state index in [0.29, 0.717) is 10.3 Å². The van der Waals surface area contributed by atoms with E-state index in [2.05, 4.69) is 0 Å². The number of benzene rings is 1. The summed E-state index contributed by atoms with van der Waals surface area (Å²) in [5.74, 6) is -2.31. The van der Waals surface area contributed by atoms with E-state index < -0.39 is 44.1 Å². The molecular weight excluding hydrogens is 382 g/mol. The van der Waals surface area contributed by atoms with Gasteiger partial charge in [0.15, 0.2) is 0 Å². The minimum atomic E-state index is -2.98. The van der Waals surface area contributed by atoms with Crippen LogP contribution in [0.3, 0.4) is 0 Å². The van der Waals surface area contributed by atoms with Crippen LogP contribution in [-0.2, 0) is 19.6 Å². The monoisotopic (exact) mass is 402 g/mol. The Kier molecular flexibility index (Phi) is 7.09. The molecule has 2 rings (SSSR count). The number of aliphatic hydroxyl groups is 1. The maximum Gasteiger partial charge on any atom is 0.367 e. The van der Waals surface area contributed by atoms with Crippen molar-refractivity contribution in [2.24, 2.45) is 0 Å². The molecule has 0 aliphatic heterocycles. The van der Waals surface area contributed by atoms with Crippen LogP contribution in [0.5, 0.6) is 5.75 Å². The highest BCUT2D eigenvalue weighted by Crippen LogP contribution is 2.30. The summed E-state index contributed by atoms with van der Waals surface area (Å²) in [6, 6.07) is 9.22. The van der Waals surface area contributed by atoms with Crippen molar-refractivity contribution >= 4 is 8.25 Å². The Morgan fingerprint density at radius 3 is 2.56 bits per heavy atom. The number of H-pyrrole nitrogens is 1. The zero-order valence-corrected chi connectivity index (χ0v) is 15.6. The number of aromatic amines is 1. The molecule has 1 aromatic heterocycles. The fourth-order valence-electron chi connectivity index (χ4n) is 2.30. The van der Waals surface area contributed by atoms with Gasteiger partial charge in [0.25, 0.3) is 5.56 Å². The summed E-state index contributed by atoms with van der Waals surface area (Å²) in [7, 11) is -1.79. The summed E-state index contributed by atoms with van der Waals surface area (Å²) in [6.45, 7) is 0.479. The smallest absolute Gasteiger partial charge is 0.367 e. The predicted molar refractivity (Wildman–Crippen MR) is 94.9 cm³/mol. The minimum absolute atomic E-state index is 0.325. The van der Waals surface area contributed by atoms with E-state index in [1.54, 1.807) is 30.3 Å². The molecule has 0 radical (unpaired) electrons. The van der Waals surface area contributed by atoms with Crippen molar-refractivity contribution in [3.05, 3.63) is 63.4 Å². The maximum atomic E-state index is 15.1. The molecule has 2 N–H and O–H groups in total. The third-order valence-electron chi connectivity index (χ3n) is 3.80. The van der Waals surface area contributed by atoms with Crippen molar-refractivity contribution in [3.8, 4) is 5.75 Å². The van der Waals surface area contributed by atoms with E-state index in [-0.39, 0.29) is 0 Å². The Bertz CT molecular complexity index is 884. The van der Waals surface area contributed by atoms with Gasteiger partial charge in [-0.05, 0) is 19.1 Å². The molecule has 0 aliphatic carbocycles. The van der Waals surface area contributed by atoms with Crippen LogP contribution in [0.2, 0.25) is 0 Å². The van der Waals surface area contributed by atoms with Crippen LogP contribution in [0.4, 0.5) is 4.39 Å². The van der Waals surface area contributed by atoms with E-state index in [1.807, 2.05) is 4.98 Å². The zero-order chi connectivity index (χ0) is 20.0. The van der Waals surface area contributed by atoms with Crippen LogP contribution in [0.1, 0.15) is 6.92 Å². The first kappa shape index (κ1) is 21.0. The van der Waals surface area contributed by atoms with Crippen LogP contribution in [0.25, 0.3) is 0 Å². The van der Waals surface area contributed by atoms with Crippen LogP contribution < -0.4 is 15.8 Å². The molecule has 0 bridgehead atoms. The molecule has 0 aliphatic rings. The van der Waals surface area contributed by atoms with Gasteiger partial charge in [0.2, 0.25) is 5.79 Å². The average Bonchev–Trinajstić information content (AvgIpc) is 2.62. The van der Waals surface area contributed by atoms with Gasteiger partial charge in [-0.15, -0.1) is 0 Å². The predicted octanol–water partition coefficient (Wildman–Crippen LogP) is 1.04. The first-order valence-electron chi connectivity index (χ1n) is 7.87. The number of hydrogen-bond acceptors (Lipinski definition) is 7. The van der Waals surface area contributed by atoms with Crippen molar-refractivity contribution in [2.75, 3.05) is 13.7 Å². The first-order valence-corrected chi connectivity index (χ1v) is 9.10. The Morgan fingerprint density at radius 2 is 1.96 bits per heavy atom. The SMILES string of the molecule is COC(CO[PH](=O)Oc1ccccc1)[C@@H](O)[C@@](C)(F)n1ccc(=O)[nH]c1=O. The van der Waals surface area contributed by atoms with Crippen molar-refractivity contribution in [1.82, 2.24) is 9.55 Å². The number of nitrogens with one attached hydrogen (secondary N) is 1. The molecule has 1 heterocycles. The number of aromatic nitrogens is 2. The molecular formula is C16H20FN2O7P. The molecule has 27 heavy (non-hydrogen) atoms. The first-order chi connectivity index (χ1) is 12.8. The molecule has 1 aromatic carbocycles. The summed E-state index contributed by atoms with van der Waals surface area (Å²) < 4.78 is 42.6. The lowest BCUT2D eigenvalue weighted by Crippen LogP contribution is -2.52. The van der Waals surface area contributed by atoms with Gasteiger partial charge in [-0.25, -0.2) is 13.8 Å². The number of ether oxygens (including phenoxy) is 1. The van der Waals surface area contributed by atoms with E-state index in [0.717, 1.165) is 19.2 Å². The van der Waals surface area contributed by atoms with E-state index in [1.165, 1.54) is 7.11 Å². The van der Waals surface area contributed by atoms with Gasteiger partial charge in [0.1, 0.15) is 18.0 Å². The Balaban J connectivity index is 2.05. The topological polar surface area (TPSA) is 120 Å². The Hall–Kier alpha value is -2.26. The molecule has 0 amide bonds. The van der Waals surface area contributed by atoms with Gasteiger partial charge in [0.05, 0.1) is 6.61 Å². The average molecular weight is 402 g/mol. The quantitative estimate of drug-likeness (QED) is 0.602. The van der Waals surface area contributed by atoms with E-state index in [4.69, 9.17) is 13.8 Å². The largest absolute Gasteiger partial charge is 0.426 e. The van der Waals surface area contributed by atoms with Gasteiger partial charge in [0, 0.05) is 19.4 Å². The summed E-state index contributed by atoms with van der Waals surface area (Å²) >= 11 is 0. The van der Waals surface area contributed by atoms with E-state index in [9.17, 15) is 19.3 Å². The molecule has 0 saturated heterocycles. The van der Waals surface area contributed by atoms with Gasteiger partial charge < -0.3 is 14.4 Å². The van der Waals surface area contributed by atoms with Crippen molar-refractivity contribution in [2.45, 2.75) is 24.9 Å². The lowest BCUT2D eigenvalue weighted by atomic mass is 10.0. The fraction of sp³-hybridized carbons (Fsp3) is 0.375. The third kappa shape index (κ3) is 5.36. The molecule has 0 spiro atoms. The van der Waals surface area contributed by atoms with Crippen LogP contribution in [-0.4, -0.2) is 40.6 Å². The number of aliphatic hydroxyl groups excluding tert-OH is 1. The normalized spacial score (nSPS) is 16.9. The standard InChI is InChI=1S/C16H20FN2O7P/c1-16(17,19-9-8-13(20)18-15(19)22)14(21)12(24-2)10-25-27(23)26-11-6-4-3-5-7-11/h3-9,12,14,21,27H,10H2,1-2H3,(H,18,20,22)/t12?,14-,16+/m1/s1. The fourth-order valence-corrected chi connectivity index (χ4v) is 2.98. The second-order valence-electron chi connectivity index (χ2n) is 5.70. The van der Waals surface area contributed by atoms with Crippen molar-refractivity contribution < 1.29 is 27.8 Å². The Labute approximate surface area is 154 Å². The van der Waals surface area contributed by atoms with Crippen LogP contribution in [0, 0.1) is 0 Å². The number of halogens is 1. The number of methoxy groups -OCH3 is 1. The molecule has 11 heteroatoms.